The molecule has 1 amide bonds. The van der Waals surface area contributed by atoms with E-state index in [1.54, 1.807) is 6.92 Å². The number of carbonyl (C=O) groups excluding carboxylic acids is 2. The summed E-state index contributed by atoms with van der Waals surface area (Å²) in [6.45, 7) is 5.78. The summed E-state index contributed by atoms with van der Waals surface area (Å²) in [6.07, 6.45) is 0. The van der Waals surface area contributed by atoms with Crippen LogP contribution in [0.4, 0.5) is 5.69 Å². The average molecular weight is 236 g/mol. The molecule has 1 rings (SSSR count). The molecule has 5 nitrogen and oxygen atoms in total. The third-order valence-electron chi connectivity index (χ3n) is 2.29. The van der Waals surface area contributed by atoms with Crippen molar-refractivity contribution in [1.29, 1.82) is 0 Å². The van der Waals surface area contributed by atoms with E-state index in [0.717, 1.165) is 11.1 Å². The van der Waals surface area contributed by atoms with E-state index in [1.165, 1.54) is 0 Å². The van der Waals surface area contributed by atoms with Gasteiger partial charge in [-0.25, -0.2) is 4.79 Å². The SMILES string of the molecule is CCOC(=O)C(=O)NNc1ccc(C)c(C)c1. The van der Waals surface area contributed by atoms with Crippen LogP contribution in [0.2, 0.25) is 0 Å². The Labute approximate surface area is 100 Å². The van der Waals surface area contributed by atoms with Crippen LogP contribution in [-0.4, -0.2) is 18.5 Å². The molecular formula is C12H16N2O3. The van der Waals surface area contributed by atoms with Crippen LogP contribution < -0.4 is 10.9 Å². The lowest BCUT2D eigenvalue weighted by Crippen LogP contribution is -2.36. The van der Waals surface area contributed by atoms with Crippen molar-refractivity contribution in [2.75, 3.05) is 12.0 Å². The van der Waals surface area contributed by atoms with E-state index in [4.69, 9.17) is 0 Å². The summed E-state index contributed by atoms with van der Waals surface area (Å²) in [5, 5.41) is 0. The van der Waals surface area contributed by atoms with Crippen molar-refractivity contribution in [3.05, 3.63) is 29.3 Å². The van der Waals surface area contributed by atoms with Crippen molar-refractivity contribution >= 4 is 17.6 Å². The van der Waals surface area contributed by atoms with E-state index in [0.29, 0.717) is 5.69 Å². The summed E-state index contributed by atoms with van der Waals surface area (Å²) in [5.41, 5.74) is 7.89. The Bertz CT molecular complexity index is 430. The first-order valence-electron chi connectivity index (χ1n) is 5.35. The van der Waals surface area contributed by atoms with Crippen LogP contribution >= 0.6 is 0 Å². The molecule has 1 aromatic carbocycles. The van der Waals surface area contributed by atoms with Gasteiger partial charge in [0.2, 0.25) is 0 Å². The minimum Gasteiger partial charge on any atom is -0.459 e. The lowest BCUT2D eigenvalue weighted by atomic mass is 10.1. The first-order chi connectivity index (χ1) is 8.04. The highest BCUT2D eigenvalue weighted by atomic mass is 16.5. The molecule has 1 aromatic rings. The van der Waals surface area contributed by atoms with Crippen LogP contribution in [0.3, 0.4) is 0 Å². The number of ether oxygens (including phenoxy) is 1. The molecule has 92 valence electrons. The highest BCUT2D eigenvalue weighted by Crippen LogP contribution is 2.12. The van der Waals surface area contributed by atoms with Crippen LogP contribution in [-0.2, 0) is 14.3 Å². The van der Waals surface area contributed by atoms with Gasteiger partial charge in [-0.1, -0.05) is 6.07 Å². The second-order valence-electron chi connectivity index (χ2n) is 3.60. The number of hydrogen-bond donors (Lipinski definition) is 2. The number of nitrogens with one attached hydrogen (secondary N) is 2. The van der Waals surface area contributed by atoms with Crippen LogP contribution in [0, 0.1) is 13.8 Å². The summed E-state index contributed by atoms with van der Waals surface area (Å²) in [7, 11) is 0. The molecule has 0 saturated carbocycles. The standard InChI is InChI=1S/C12H16N2O3/c1-4-17-12(16)11(15)14-13-10-6-5-8(2)9(3)7-10/h5-7,13H,4H2,1-3H3,(H,14,15). The molecule has 5 heteroatoms. The molecule has 0 unspecified atom stereocenters. The molecule has 0 aromatic heterocycles. The number of benzene rings is 1. The fourth-order valence-corrected chi connectivity index (χ4v) is 1.20. The number of hydrogen-bond acceptors (Lipinski definition) is 4. The number of esters is 1. The molecule has 0 aliphatic rings. The summed E-state index contributed by atoms with van der Waals surface area (Å²) in [6, 6.07) is 5.61. The second kappa shape index (κ2) is 5.89. The summed E-state index contributed by atoms with van der Waals surface area (Å²) in [5.74, 6) is -1.71. The lowest BCUT2D eigenvalue weighted by molar-refractivity contribution is -0.154. The third kappa shape index (κ3) is 3.79. The molecule has 0 spiro atoms. The van der Waals surface area contributed by atoms with Crippen molar-refractivity contribution in [2.45, 2.75) is 20.8 Å². The zero-order valence-corrected chi connectivity index (χ0v) is 10.2. The third-order valence-corrected chi connectivity index (χ3v) is 2.29. The largest absolute Gasteiger partial charge is 0.459 e. The van der Waals surface area contributed by atoms with Crippen molar-refractivity contribution in [3.63, 3.8) is 0 Å². The van der Waals surface area contributed by atoms with Crippen molar-refractivity contribution < 1.29 is 14.3 Å². The Morgan fingerprint density at radius 3 is 2.53 bits per heavy atom. The number of aryl methyl sites for hydroxylation is 2. The van der Waals surface area contributed by atoms with Gasteiger partial charge in [-0.05, 0) is 44.0 Å². The normalized spacial score (nSPS) is 9.59. The van der Waals surface area contributed by atoms with E-state index < -0.39 is 11.9 Å². The van der Waals surface area contributed by atoms with Gasteiger partial charge in [0.15, 0.2) is 0 Å². The Morgan fingerprint density at radius 2 is 1.94 bits per heavy atom. The second-order valence-corrected chi connectivity index (χ2v) is 3.60. The van der Waals surface area contributed by atoms with Gasteiger partial charge in [-0.3, -0.25) is 15.6 Å². The highest BCUT2D eigenvalue weighted by molar-refractivity contribution is 6.32. The topological polar surface area (TPSA) is 67.4 Å². The van der Waals surface area contributed by atoms with Crippen LogP contribution in [0.5, 0.6) is 0 Å². The van der Waals surface area contributed by atoms with Crippen molar-refractivity contribution in [1.82, 2.24) is 5.43 Å². The predicted molar refractivity (Wildman–Crippen MR) is 64.3 cm³/mol. The first-order valence-corrected chi connectivity index (χ1v) is 5.35. The fourth-order valence-electron chi connectivity index (χ4n) is 1.20. The molecule has 0 heterocycles. The molecule has 0 atom stereocenters. The number of anilines is 1. The maximum Gasteiger partial charge on any atom is 0.398 e. The van der Waals surface area contributed by atoms with Gasteiger partial charge in [0.1, 0.15) is 0 Å². The van der Waals surface area contributed by atoms with E-state index in [9.17, 15) is 9.59 Å². The summed E-state index contributed by atoms with van der Waals surface area (Å²) in [4.78, 5) is 22.2. The van der Waals surface area contributed by atoms with Crippen molar-refractivity contribution in [2.24, 2.45) is 0 Å². The van der Waals surface area contributed by atoms with Crippen LogP contribution in [0.25, 0.3) is 0 Å². The minimum atomic E-state index is -0.899. The fraction of sp³-hybridized carbons (Fsp3) is 0.333. The zero-order valence-electron chi connectivity index (χ0n) is 10.2. The lowest BCUT2D eigenvalue weighted by Gasteiger charge is -2.09. The molecular weight excluding hydrogens is 220 g/mol. The number of amides is 1. The molecule has 0 aliphatic heterocycles. The predicted octanol–water partition coefficient (Wildman–Crippen LogP) is 1.31. The molecule has 0 radical (unpaired) electrons. The minimum absolute atomic E-state index is 0.176. The van der Waals surface area contributed by atoms with Gasteiger partial charge in [0.25, 0.3) is 0 Å². The zero-order chi connectivity index (χ0) is 12.8. The molecule has 0 bridgehead atoms. The summed E-state index contributed by atoms with van der Waals surface area (Å²) < 4.78 is 4.54. The van der Waals surface area contributed by atoms with E-state index in [1.807, 2.05) is 32.0 Å². The Morgan fingerprint density at radius 1 is 1.24 bits per heavy atom. The smallest absolute Gasteiger partial charge is 0.398 e. The molecule has 0 fully saturated rings. The highest BCUT2D eigenvalue weighted by Gasteiger charge is 2.13. The first kappa shape index (κ1) is 13.0. The quantitative estimate of drug-likeness (QED) is 0.471. The van der Waals surface area contributed by atoms with Crippen molar-refractivity contribution in [3.8, 4) is 0 Å². The Balaban J connectivity index is 2.53. The number of hydrazine groups is 1. The summed E-state index contributed by atoms with van der Waals surface area (Å²) >= 11 is 0. The van der Waals surface area contributed by atoms with Gasteiger partial charge < -0.3 is 4.74 Å². The maximum absolute atomic E-state index is 11.2. The van der Waals surface area contributed by atoms with E-state index in [2.05, 4.69) is 15.6 Å². The number of carbonyl (C=O) groups is 2. The van der Waals surface area contributed by atoms with E-state index >= 15 is 0 Å². The van der Waals surface area contributed by atoms with Gasteiger partial charge in [0, 0.05) is 0 Å². The molecule has 0 aliphatic carbocycles. The van der Waals surface area contributed by atoms with E-state index in [-0.39, 0.29) is 6.61 Å². The number of rotatable bonds is 3. The van der Waals surface area contributed by atoms with Crippen LogP contribution in [0.1, 0.15) is 18.1 Å². The van der Waals surface area contributed by atoms with Gasteiger partial charge in [-0.15, -0.1) is 0 Å². The molecule has 0 saturated heterocycles. The Kier molecular flexibility index (Phi) is 4.51. The van der Waals surface area contributed by atoms with Gasteiger partial charge in [0.05, 0.1) is 12.3 Å². The monoisotopic (exact) mass is 236 g/mol. The van der Waals surface area contributed by atoms with Crippen LogP contribution in [0.15, 0.2) is 18.2 Å². The maximum atomic E-state index is 11.2. The van der Waals surface area contributed by atoms with Gasteiger partial charge >= 0.3 is 11.9 Å². The molecule has 2 N–H and O–H groups in total. The van der Waals surface area contributed by atoms with Gasteiger partial charge in [-0.2, -0.15) is 0 Å². The average Bonchev–Trinajstić information content (AvgIpc) is 2.30. The Hall–Kier alpha value is -2.04. The molecule has 17 heavy (non-hydrogen) atoms.